The molecular formula is C10H21N5O. The van der Waals surface area contributed by atoms with E-state index in [2.05, 4.69) is 21.9 Å². The van der Waals surface area contributed by atoms with Crippen molar-refractivity contribution in [2.45, 2.75) is 32.2 Å². The van der Waals surface area contributed by atoms with Crippen LogP contribution in [0.4, 0.5) is 0 Å². The van der Waals surface area contributed by atoms with Crippen molar-refractivity contribution in [3.63, 3.8) is 0 Å². The molecule has 0 fully saturated rings. The molecular weight excluding hydrogens is 206 g/mol. The fourth-order valence-corrected chi connectivity index (χ4v) is 1.12. The largest absolute Gasteiger partial charge is 0.480 e. The molecule has 0 saturated carbocycles. The molecule has 0 heterocycles. The van der Waals surface area contributed by atoms with Gasteiger partial charge in [-0.1, -0.05) is 11.5 Å². The van der Waals surface area contributed by atoms with E-state index in [1.54, 1.807) is 0 Å². The maximum Gasteiger partial charge on any atom is 0.179 e. The number of azide groups is 1. The molecule has 0 spiro atoms. The van der Waals surface area contributed by atoms with Crippen LogP contribution >= 0.6 is 0 Å². The number of unbranched alkanes of at least 4 members (excludes halogenated alkanes) is 1. The lowest BCUT2D eigenvalue weighted by atomic mass is 10.1. The number of nitrogens with one attached hydrogen (secondary N) is 1. The van der Waals surface area contributed by atoms with Crippen molar-refractivity contribution in [1.29, 1.82) is 0 Å². The molecule has 1 unspecified atom stereocenters. The minimum Gasteiger partial charge on any atom is -0.480 e. The van der Waals surface area contributed by atoms with Gasteiger partial charge in [0.2, 0.25) is 0 Å². The summed E-state index contributed by atoms with van der Waals surface area (Å²) in [6.07, 6.45) is 3.17. The van der Waals surface area contributed by atoms with Crippen molar-refractivity contribution in [2.75, 3.05) is 19.7 Å². The third-order valence-electron chi connectivity index (χ3n) is 1.94. The normalized spacial score (nSPS) is 11.4. The second kappa shape index (κ2) is 10.1. The van der Waals surface area contributed by atoms with Crippen LogP contribution in [0.15, 0.2) is 17.6 Å². The van der Waals surface area contributed by atoms with Crippen LogP contribution in [0.5, 0.6) is 0 Å². The first-order chi connectivity index (χ1) is 7.66. The molecule has 3 N–H and O–H groups in total. The first-order valence-corrected chi connectivity index (χ1v) is 5.49. The van der Waals surface area contributed by atoms with Crippen molar-refractivity contribution in [3.05, 3.63) is 22.9 Å². The second-order valence-electron chi connectivity index (χ2n) is 3.63. The maximum atomic E-state index is 8.03. The highest BCUT2D eigenvalue weighted by molar-refractivity contribution is 4.78. The lowest BCUT2D eigenvalue weighted by molar-refractivity contribution is 0.200. The zero-order chi connectivity index (χ0) is 12.2. The van der Waals surface area contributed by atoms with Gasteiger partial charge < -0.3 is 15.8 Å². The van der Waals surface area contributed by atoms with E-state index in [0.29, 0.717) is 19.0 Å². The van der Waals surface area contributed by atoms with Crippen molar-refractivity contribution in [2.24, 2.45) is 10.8 Å². The number of rotatable bonds is 10. The second-order valence-corrected chi connectivity index (χ2v) is 3.63. The summed E-state index contributed by atoms with van der Waals surface area (Å²) in [5.74, 6) is 0.522. The van der Waals surface area contributed by atoms with Gasteiger partial charge in [-0.15, -0.1) is 0 Å². The molecule has 0 aromatic carbocycles. The molecule has 0 aliphatic heterocycles. The molecule has 0 bridgehead atoms. The Morgan fingerprint density at radius 3 is 3.00 bits per heavy atom. The van der Waals surface area contributed by atoms with Gasteiger partial charge in [-0.05, 0) is 31.9 Å². The van der Waals surface area contributed by atoms with Crippen molar-refractivity contribution in [3.8, 4) is 0 Å². The highest BCUT2D eigenvalue weighted by Gasteiger charge is 1.95. The van der Waals surface area contributed by atoms with Gasteiger partial charge in [0.05, 0.1) is 13.2 Å². The van der Waals surface area contributed by atoms with E-state index in [0.717, 1.165) is 25.8 Å². The molecule has 0 aromatic rings. The summed E-state index contributed by atoms with van der Waals surface area (Å²) in [6, 6.07) is 0.267. The minimum absolute atomic E-state index is 0.267. The van der Waals surface area contributed by atoms with Crippen molar-refractivity contribution < 1.29 is 4.74 Å². The van der Waals surface area contributed by atoms with Crippen LogP contribution < -0.4 is 11.1 Å². The Morgan fingerprint density at radius 1 is 1.62 bits per heavy atom. The SMILES string of the molecule is C=C(NCCCCC(C)N)OCCN=[N+]=[N-]. The number of ether oxygens (including phenoxy) is 1. The zero-order valence-electron chi connectivity index (χ0n) is 9.85. The Labute approximate surface area is 96.5 Å². The Bertz CT molecular complexity index is 235. The number of hydrogen-bond donors (Lipinski definition) is 2. The van der Waals surface area contributed by atoms with E-state index in [1.807, 2.05) is 6.92 Å². The summed E-state index contributed by atoms with van der Waals surface area (Å²) in [6.45, 7) is 7.20. The van der Waals surface area contributed by atoms with Crippen LogP contribution in [0, 0.1) is 0 Å². The molecule has 0 amide bonds. The fourth-order valence-electron chi connectivity index (χ4n) is 1.12. The molecule has 6 heteroatoms. The summed E-state index contributed by atoms with van der Waals surface area (Å²) in [5, 5.41) is 6.39. The predicted molar refractivity (Wildman–Crippen MR) is 64.6 cm³/mol. The first kappa shape index (κ1) is 14.6. The van der Waals surface area contributed by atoms with Gasteiger partial charge in [-0.25, -0.2) is 0 Å². The monoisotopic (exact) mass is 227 g/mol. The molecule has 6 nitrogen and oxygen atoms in total. The topological polar surface area (TPSA) is 96.0 Å². The van der Waals surface area contributed by atoms with E-state index in [-0.39, 0.29) is 6.04 Å². The molecule has 0 aromatic heterocycles. The molecule has 16 heavy (non-hydrogen) atoms. The van der Waals surface area contributed by atoms with Crippen LogP contribution in [-0.4, -0.2) is 25.7 Å². The molecule has 0 rings (SSSR count). The van der Waals surface area contributed by atoms with E-state index in [9.17, 15) is 0 Å². The summed E-state index contributed by atoms with van der Waals surface area (Å²) in [7, 11) is 0. The quantitative estimate of drug-likeness (QED) is 0.196. The molecule has 0 aliphatic carbocycles. The number of nitrogens with two attached hydrogens (primary N) is 1. The van der Waals surface area contributed by atoms with Gasteiger partial charge in [-0.3, -0.25) is 0 Å². The van der Waals surface area contributed by atoms with E-state index < -0.39 is 0 Å². The van der Waals surface area contributed by atoms with Gasteiger partial charge in [0.25, 0.3) is 0 Å². The zero-order valence-corrected chi connectivity index (χ0v) is 9.85. The lowest BCUT2D eigenvalue weighted by Gasteiger charge is -2.10. The van der Waals surface area contributed by atoms with Gasteiger partial charge in [0, 0.05) is 17.5 Å². The Balaban J connectivity index is 3.27. The van der Waals surface area contributed by atoms with Crippen LogP contribution in [-0.2, 0) is 4.74 Å². The standard InChI is InChI=1S/C10H21N5O/c1-9(11)5-3-4-6-13-10(2)16-8-7-14-15-12/h9,13H,2-8,11H2,1H3. The molecule has 0 saturated heterocycles. The van der Waals surface area contributed by atoms with E-state index >= 15 is 0 Å². The van der Waals surface area contributed by atoms with Crippen molar-refractivity contribution >= 4 is 0 Å². The lowest BCUT2D eigenvalue weighted by Crippen LogP contribution is -2.19. The number of hydrogen-bond acceptors (Lipinski definition) is 4. The highest BCUT2D eigenvalue weighted by atomic mass is 16.5. The Kier molecular flexibility index (Phi) is 9.26. The number of nitrogens with zero attached hydrogens (tertiary/aromatic N) is 3. The van der Waals surface area contributed by atoms with Crippen LogP contribution in [0.25, 0.3) is 10.4 Å². The summed E-state index contributed by atoms with van der Waals surface area (Å²) >= 11 is 0. The van der Waals surface area contributed by atoms with Gasteiger partial charge in [-0.2, -0.15) is 0 Å². The summed E-state index contributed by atoms with van der Waals surface area (Å²) in [5.41, 5.74) is 13.7. The minimum atomic E-state index is 0.267. The predicted octanol–water partition coefficient (Wildman–Crippen LogP) is 1.89. The fraction of sp³-hybridized carbons (Fsp3) is 0.800. The average molecular weight is 227 g/mol. The maximum absolute atomic E-state index is 8.03. The van der Waals surface area contributed by atoms with Crippen LogP contribution in [0.2, 0.25) is 0 Å². The van der Waals surface area contributed by atoms with E-state index in [4.69, 9.17) is 16.0 Å². The van der Waals surface area contributed by atoms with Crippen LogP contribution in [0.3, 0.4) is 0 Å². The average Bonchev–Trinajstić information content (AvgIpc) is 2.23. The smallest absolute Gasteiger partial charge is 0.179 e. The first-order valence-electron chi connectivity index (χ1n) is 5.49. The van der Waals surface area contributed by atoms with Crippen LogP contribution in [0.1, 0.15) is 26.2 Å². The van der Waals surface area contributed by atoms with Gasteiger partial charge in [0.1, 0.15) is 0 Å². The highest BCUT2D eigenvalue weighted by Crippen LogP contribution is 1.98. The van der Waals surface area contributed by atoms with Gasteiger partial charge >= 0.3 is 0 Å². The molecule has 92 valence electrons. The Morgan fingerprint density at radius 2 is 2.38 bits per heavy atom. The van der Waals surface area contributed by atoms with E-state index in [1.165, 1.54) is 0 Å². The van der Waals surface area contributed by atoms with Crippen molar-refractivity contribution in [1.82, 2.24) is 5.32 Å². The third-order valence-corrected chi connectivity index (χ3v) is 1.94. The molecule has 1 atom stereocenters. The molecule has 0 radical (unpaired) electrons. The molecule has 0 aliphatic rings. The third kappa shape index (κ3) is 10.7. The summed E-state index contributed by atoms with van der Waals surface area (Å²) < 4.78 is 5.18. The summed E-state index contributed by atoms with van der Waals surface area (Å²) in [4.78, 5) is 2.62. The van der Waals surface area contributed by atoms with Gasteiger partial charge in [0.15, 0.2) is 5.88 Å². The Hall–Kier alpha value is -1.39.